The van der Waals surface area contributed by atoms with E-state index < -0.39 is 0 Å². The summed E-state index contributed by atoms with van der Waals surface area (Å²) in [6.07, 6.45) is 1.55. The van der Waals surface area contributed by atoms with Gasteiger partial charge < -0.3 is 4.74 Å². The lowest BCUT2D eigenvalue weighted by molar-refractivity contribution is 0.415. The van der Waals surface area contributed by atoms with Crippen LogP contribution in [0.5, 0.6) is 5.75 Å². The maximum absolute atomic E-state index is 13.1. The van der Waals surface area contributed by atoms with Gasteiger partial charge >= 0.3 is 0 Å². The number of hydrogen-bond acceptors (Lipinski definition) is 6. The van der Waals surface area contributed by atoms with Crippen molar-refractivity contribution in [2.75, 3.05) is 7.11 Å². The summed E-state index contributed by atoms with van der Waals surface area (Å²) in [5.74, 6) is 0.780. The zero-order valence-corrected chi connectivity index (χ0v) is 18.3. The van der Waals surface area contributed by atoms with Gasteiger partial charge in [0.2, 0.25) is 5.13 Å². The van der Waals surface area contributed by atoms with Gasteiger partial charge in [-0.1, -0.05) is 47.7 Å². The van der Waals surface area contributed by atoms with E-state index in [0.29, 0.717) is 10.7 Å². The number of nitrogens with zero attached hydrogens (tertiary/aromatic N) is 4. The molecule has 1 N–H and O–H groups in total. The molecule has 0 atom stereocenters. The Balaban J connectivity index is 1.46. The molecule has 0 saturated heterocycles. The van der Waals surface area contributed by atoms with Crippen molar-refractivity contribution in [1.82, 2.24) is 20.0 Å². The number of fused-ring (bicyclic) bond motifs is 1. The lowest BCUT2D eigenvalue weighted by atomic mass is 10.1. The fraction of sp³-hybridized carbons (Fsp3) is 0.0833. The quantitative estimate of drug-likeness (QED) is 0.393. The normalized spacial score (nSPS) is 11.4. The summed E-state index contributed by atoms with van der Waals surface area (Å²) in [7, 11) is 1.63. The zero-order chi connectivity index (χ0) is 22.1. The van der Waals surface area contributed by atoms with E-state index in [9.17, 15) is 4.79 Å². The number of methoxy groups -OCH3 is 1. The van der Waals surface area contributed by atoms with Gasteiger partial charge in [-0.05, 0) is 42.6 Å². The molecule has 0 aliphatic heterocycles. The second-order valence-corrected chi connectivity index (χ2v) is 8.12. The Morgan fingerprint density at radius 1 is 1.03 bits per heavy atom. The maximum atomic E-state index is 13.1. The topological polar surface area (TPSA) is 85.2 Å². The van der Waals surface area contributed by atoms with Gasteiger partial charge in [0.25, 0.3) is 5.56 Å². The van der Waals surface area contributed by atoms with Crippen molar-refractivity contribution < 1.29 is 4.74 Å². The van der Waals surface area contributed by atoms with Gasteiger partial charge in [0.1, 0.15) is 10.8 Å². The summed E-state index contributed by atoms with van der Waals surface area (Å²) in [6.45, 7) is 1.85. The molecule has 0 unspecified atom stereocenters. The minimum absolute atomic E-state index is 0.164. The molecule has 5 rings (SSSR count). The van der Waals surface area contributed by atoms with Crippen molar-refractivity contribution >= 4 is 33.5 Å². The van der Waals surface area contributed by atoms with E-state index in [4.69, 9.17) is 4.74 Å². The Labute approximate surface area is 187 Å². The Kier molecular flexibility index (Phi) is 5.12. The highest BCUT2D eigenvalue weighted by Gasteiger charge is 2.13. The molecule has 0 radical (unpaired) electrons. The highest BCUT2D eigenvalue weighted by molar-refractivity contribution is 7.18. The van der Waals surface area contributed by atoms with Crippen molar-refractivity contribution in [3.05, 3.63) is 88.3 Å². The van der Waals surface area contributed by atoms with Crippen LogP contribution >= 0.6 is 11.3 Å². The van der Waals surface area contributed by atoms with E-state index in [-0.39, 0.29) is 5.56 Å². The predicted octanol–water partition coefficient (Wildman–Crippen LogP) is 4.90. The number of hydrogen-bond donors (Lipinski definition) is 1. The summed E-state index contributed by atoms with van der Waals surface area (Å²) < 4.78 is 6.74. The molecule has 0 amide bonds. The monoisotopic (exact) mass is 441 g/mol. The van der Waals surface area contributed by atoms with Gasteiger partial charge in [-0.2, -0.15) is 0 Å². The van der Waals surface area contributed by atoms with Crippen LogP contribution in [0.4, 0.5) is 5.13 Å². The standard InChI is InChI=1S/C24H19N5O2S/c1-15-20(14-25-24-27-26-22(32-24)17-10-12-18(31-2)13-11-17)23(30)29(28-15)21-9-5-7-16-6-3-4-8-19(16)21/h3-14,28H,1-2H3. The number of H-pyrrole nitrogens is 1. The second kappa shape index (κ2) is 8.24. The summed E-state index contributed by atoms with van der Waals surface area (Å²) >= 11 is 1.36. The van der Waals surface area contributed by atoms with Gasteiger partial charge in [0.15, 0.2) is 0 Å². The average Bonchev–Trinajstić information content (AvgIpc) is 3.41. The Morgan fingerprint density at radius 3 is 2.62 bits per heavy atom. The first-order valence-electron chi connectivity index (χ1n) is 9.96. The molecule has 7 nitrogen and oxygen atoms in total. The fourth-order valence-corrected chi connectivity index (χ4v) is 4.22. The van der Waals surface area contributed by atoms with E-state index in [0.717, 1.165) is 38.5 Å². The molecule has 0 aliphatic rings. The molecule has 0 aliphatic carbocycles. The highest BCUT2D eigenvalue weighted by Crippen LogP contribution is 2.29. The molecular formula is C24H19N5O2S. The first kappa shape index (κ1) is 19.9. The Morgan fingerprint density at radius 2 is 1.81 bits per heavy atom. The molecule has 2 heterocycles. The van der Waals surface area contributed by atoms with Gasteiger partial charge in [-0.3, -0.25) is 9.89 Å². The number of benzene rings is 3. The molecule has 158 valence electrons. The van der Waals surface area contributed by atoms with Gasteiger partial charge in [-0.25, -0.2) is 9.67 Å². The van der Waals surface area contributed by atoms with E-state index in [1.165, 1.54) is 11.3 Å². The van der Waals surface area contributed by atoms with Crippen LogP contribution < -0.4 is 10.3 Å². The first-order valence-corrected chi connectivity index (χ1v) is 10.8. The van der Waals surface area contributed by atoms with Crippen LogP contribution in [0.25, 0.3) is 27.0 Å². The molecule has 32 heavy (non-hydrogen) atoms. The predicted molar refractivity (Wildman–Crippen MR) is 128 cm³/mol. The van der Waals surface area contributed by atoms with Gasteiger partial charge in [0.05, 0.1) is 18.4 Å². The number of aryl methyl sites for hydroxylation is 1. The Hall–Kier alpha value is -4.04. The minimum atomic E-state index is -0.164. The van der Waals surface area contributed by atoms with Crippen LogP contribution in [0.2, 0.25) is 0 Å². The van der Waals surface area contributed by atoms with Gasteiger partial charge in [0, 0.05) is 22.9 Å². The van der Waals surface area contributed by atoms with Crippen LogP contribution in [-0.4, -0.2) is 33.3 Å². The highest BCUT2D eigenvalue weighted by atomic mass is 32.1. The molecule has 8 heteroatoms. The third-order valence-corrected chi connectivity index (χ3v) is 6.06. The number of aromatic nitrogens is 4. The van der Waals surface area contributed by atoms with Crippen molar-refractivity contribution in [3.8, 4) is 22.0 Å². The lowest BCUT2D eigenvalue weighted by Gasteiger charge is -2.06. The maximum Gasteiger partial charge on any atom is 0.280 e. The first-order chi connectivity index (χ1) is 15.6. The van der Waals surface area contributed by atoms with Crippen LogP contribution in [0.1, 0.15) is 11.3 Å². The van der Waals surface area contributed by atoms with Crippen LogP contribution in [0, 0.1) is 6.92 Å². The number of aliphatic imine (C=N–C) groups is 1. The average molecular weight is 442 g/mol. The number of rotatable bonds is 5. The molecule has 3 aromatic carbocycles. The van der Waals surface area contributed by atoms with E-state index >= 15 is 0 Å². The third-order valence-electron chi connectivity index (χ3n) is 5.18. The smallest absolute Gasteiger partial charge is 0.280 e. The van der Waals surface area contributed by atoms with Crippen LogP contribution in [0.3, 0.4) is 0 Å². The number of ether oxygens (including phenoxy) is 1. The minimum Gasteiger partial charge on any atom is -0.497 e. The number of aromatic amines is 1. The van der Waals surface area contributed by atoms with E-state index in [1.807, 2.05) is 73.7 Å². The zero-order valence-electron chi connectivity index (χ0n) is 17.4. The van der Waals surface area contributed by atoms with E-state index in [1.54, 1.807) is 18.0 Å². The van der Waals surface area contributed by atoms with Crippen molar-refractivity contribution in [3.63, 3.8) is 0 Å². The SMILES string of the molecule is COc1ccc(-c2nnc(N=Cc3c(C)[nH]n(-c4cccc5ccccc45)c3=O)s2)cc1. The molecule has 2 aromatic heterocycles. The summed E-state index contributed by atoms with van der Waals surface area (Å²) in [5.41, 5.74) is 2.78. The van der Waals surface area contributed by atoms with E-state index in [2.05, 4.69) is 20.3 Å². The molecule has 0 spiro atoms. The third kappa shape index (κ3) is 3.61. The van der Waals surface area contributed by atoms with Crippen molar-refractivity contribution in [2.45, 2.75) is 6.92 Å². The Bertz CT molecular complexity index is 1490. The molecular weight excluding hydrogens is 422 g/mol. The molecule has 0 bridgehead atoms. The van der Waals surface area contributed by atoms with Crippen molar-refractivity contribution in [2.24, 2.45) is 4.99 Å². The molecule has 0 fully saturated rings. The van der Waals surface area contributed by atoms with Crippen LogP contribution in [0.15, 0.2) is 76.5 Å². The molecule has 0 saturated carbocycles. The number of nitrogens with one attached hydrogen (secondary N) is 1. The summed E-state index contributed by atoms with van der Waals surface area (Å²) in [4.78, 5) is 17.5. The molecule has 5 aromatic rings. The van der Waals surface area contributed by atoms with Crippen molar-refractivity contribution in [1.29, 1.82) is 0 Å². The van der Waals surface area contributed by atoms with Crippen LogP contribution in [-0.2, 0) is 0 Å². The summed E-state index contributed by atoms with van der Waals surface area (Å²) in [5, 5.41) is 14.8. The van der Waals surface area contributed by atoms with Gasteiger partial charge in [-0.15, -0.1) is 10.2 Å². The second-order valence-electron chi connectivity index (χ2n) is 7.17. The fourth-order valence-electron chi connectivity index (χ4n) is 3.52. The largest absolute Gasteiger partial charge is 0.497 e. The lowest BCUT2D eigenvalue weighted by Crippen LogP contribution is -2.17. The summed E-state index contributed by atoms with van der Waals surface area (Å²) in [6, 6.07) is 21.5.